The third-order valence-corrected chi connectivity index (χ3v) is 5.29. The standard InChI is InChI=1S/C23H30N2O5/c1-27-20-14-17(15-21(28-2)23(20)29-3)9-10-22(26)24-16-18(19-8-7-13-30-19)25-11-5-4-6-12-25/h7-10,13-15,18H,4-6,11-12,16H2,1-3H3,(H,24,26)/b10-9+/t18-/m1/s1. The highest BCUT2D eigenvalue weighted by molar-refractivity contribution is 5.91. The molecule has 0 radical (unpaired) electrons. The van der Waals surface area contributed by atoms with Crippen LogP contribution in [0.3, 0.4) is 0 Å². The van der Waals surface area contributed by atoms with E-state index in [4.69, 9.17) is 18.6 Å². The highest BCUT2D eigenvalue weighted by Crippen LogP contribution is 2.38. The molecule has 1 fully saturated rings. The molecule has 1 saturated heterocycles. The third kappa shape index (κ3) is 5.36. The Morgan fingerprint density at radius 3 is 2.40 bits per heavy atom. The molecule has 7 heteroatoms. The van der Waals surface area contributed by atoms with E-state index in [1.54, 1.807) is 45.8 Å². The van der Waals surface area contributed by atoms with Crippen molar-refractivity contribution in [2.75, 3.05) is 41.0 Å². The Labute approximate surface area is 177 Å². The maximum Gasteiger partial charge on any atom is 0.244 e. The van der Waals surface area contributed by atoms with Crippen LogP contribution in [-0.4, -0.2) is 51.8 Å². The van der Waals surface area contributed by atoms with Crippen LogP contribution >= 0.6 is 0 Å². The van der Waals surface area contributed by atoms with Crippen LogP contribution in [0.15, 0.2) is 41.0 Å². The van der Waals surface area contributed by atoms with Crippen molar-refractivity contribution in [3.8, 4) is 17.2 Å². The van der Waals surface area contributed by atoms with E-state index in [2.05, 4.69) is 10.2 Å². The van der Waals surface area contributed by atoms with Gasteiger partial charge in [0.1, 0.15) is 5.76 Å². The van der Waals surface area contributed by atoms with Gasteiger partial charge in [-0.1, -0.05) is 6.42 Å². The van der Waals surface area contributed by atoms with Gasteiger partial charge in [-0.3, -0.25) is 9.69 Å². The number of nitrogens with one attached hydrogen (secondary N) is 1. The number of piperidine rings is 1. The van der Waals surface area contributed by atoms with Gasteiger partial charge in [-0.2, -0.15) is 0 Å². The Balaban J connectivity index is 1.66. The summed E-state index contributed by atoms with van der Waals surface area (Å²) in [5, 5.41) is 3.00. The molecule has 0 bridgehead atoms. The molecule has 1 N–H and O–H groups in total. The Morgan fingerprint density at radius 2 is 1.83 bits per heavy atom. The average Bonchev–Trinajstić information content (AvgIpc) is 3.32. The number of hydrogen-bond donors (Lipinski definition) is 1. The molecule has 1 aliphatic heterocycles. The Morgan fingerprint density at radius 1 is 1.13 bits per heavy atom. The van der Waals surface area contributed by atoms with E-state index in [-0.39, 0.29) is 11.9 Å². The minimum atomic E-state index is -0.169. The fourth-order valence-electron chi connectivity index (χ4n) is 3.75. The first-order chi connectivity index (χ1) is 14.7. The summed E-state index contributed by atoms with van der Waals surface area (Å²) in [5.41, 5.74) is 0.776. The Bertz CT molecular complexity index is 816. The lowest BCUT2D eigenvalue weighted by molar-refractivity contribution is -0.116. The lowest BCUT2D eigenvalue weighted by Crippen LogP contribution is -2.40. The lowest BCUT2D eigenvalue weighted by atomic mass is 10.1. The van der Waals surface area contributed by atoms with Crippen molar-refractivity contribution in [3.63, 3.8) is 0 Å². The van der Waals surface area contributed by atoms with Crippen LogP contribution in [0, 0.1) is 0 Å². The number of methoxy groups -OCH3 is 3. The molecule has 2 heterocycles. The zero-order valence-corrected chi connectivity index (χ0v) is 17.8. The first-order valence-corrected chi connectivity index (χ1v) is 10.2. The van der Waals surface area contributed by atoms with Crippen LogP contribution in [-0.2, 0) is 4.79 Å². The smallest absolute Gasteiger partial charge is 0.244 e. The number of carbonyl (C=O) groups excluding carboxylic acids is 1. The zero-order chi connectivity index (χ0) is 21.3. The summed E-state index contributed by atoms with van der Waals surface area (Å²) < 4.78 is 21.7. The van der Waals surface area contributed by atoms with E-state index in [0.29, 0.717) is 23.8 Å². The number of furan rings is 1. The van der Waals surface area contributed by atoms with Crippen molar-refractivity contribution in [3.05, 3.63) is 47.9 Å². The van der Waals surface area contributed by atoms with Crippen LogP contribution in [0.2, 0.25) is 0 Å². The van der Waals surface area contributed by atoms with Crippen molar-refractivity contribution in [2.45, 2.75) is 25.3 Å². The predicted octanol–water partition coefficient (Wildman–Crippen LogP) is 3.66. The maximum atomic E-state index is 12.5. The van der Waals surface area contributed by atoms with Crippen LogP contribution < -0.4 is 19.5 Å². The second kappa shape index (κ2) is 10.7. The van der Waals surface area contributed by atoms with Crippen LogP contribution in [0.4, 0.5) is 0 Å². The summed E-state index contributed by atoms with van der Waals surface area (Å²) in [5.74, 6) is 2.31. The zero-order valence-electron chi connectivity index (χ0n) is 17.8. The van der Waals surface area contributed by atoms with Crippen LogP contribution in [0.25, 0.3) is 6.08 Å². The van der Waals surface area contributed by atoms with Crippen LogP contribution in [0.1, 0.15) is 36.6 Å². The molecule has 1 amide bonds. The van der Waals surface area contributed by atoms with Gasteiger partial charge < -0.3 is 23.9 Å². The van der Waals surface area contributed by atoms with Gasteiger partial charge in [0.25, 0.3) is 0 Å². The molecule has 0 unspecified atom stereocenters. The van der Waals surface area contributed by atoms with Gasteiger partial charge in [-0.15, -0.1) is 0 Å². The number of ether oxygens (including phenoxy) is 3. The Kier molecular flexibility index (Phi) is 7.79. The highest BCUT2D eigenvalue weighted by Gasteiger charge is 2.24. The lowest BCUT2D eigenvalue weighted by Gasteiger charge is -2.33. The monoisotopic (exact) mass is 414 g/mol. The summed E-state index contributed by atoms with van der Waals surface area (Å²) in [6, 6.07) is 7.49. The molecule has 1 aromatic carbocycles. The van der Waals surface area contributed by atoms with E-state index >= 15 is 0 Å². The molecule has 0 saturated carbocycles. The SMILES string of the molecule is COc1cc(/C=C/C(=O)NC[C@H](c2ccco2)N2CCCCC2)cc(OC)c1OC. The van der Waals surface area contributed by atoms with Crippen LogP contribution in [0.5, 0.6) is 17.2 Å². The fraction of sp³-hybridized carbons (Fsp3) is 0.435. The topological polar surface area (TPSA) is 73.2 Å². The number of rotatable bonds is 9. The first-order valence-electron chi connectivity index (χ1n) is 10.2. The number of hydrogen-bond acceptors (Lipinski definition) is 6. The minimum absolute atomic E-state index is 0.0406. The van der Waals surface area contributed by atoms with Crippen molar-refractivity contribution in [1.82, 2.24) is 10.2 Å². The second-order valence-corrected chi connectivity index (χ2v) is 7.17. The summed E-state index contributed by atoms with van der Waals surface area (Å²) in [4.78, 5) is 14.9. The maximum absolute atomic E-state index is 12.5. The molecule has 1 aromatic heterocycles. The molecule has 1 atom stereocenters. The van der Waals surface area contributed by atoms with Gasteiger partial charge in [-0.25, -0.2) is 0 Å². The number of carbonyl (C=O) groups is 1. The van der Waals surface area contributed by atoms with Gasteiger partial charge in [-0.05, 0) is 61.8 Å². The number of benzene rings is 1. The van der Waals surface area contributed by atoms with E-state index < -0.39 is 0 Å². The molecule has 2 aromatic rings. The molecule has 162 valence electrons. The summed E-state index contributed by atoms with van der Waals surface area (Å²) in [6.45, 7) is 2.52. The van der Waals surface area contributed by atoms with E-state index in [0.717, 1.165) is 24.4 Å². The number of amides is 1. The molecule has 1 aliphatic rings. The van der Waals surface area contributed by atoms with Gasteiger partial charge in [0.05, 0.1) is 33.6 Å². The largest absolute Gasteiger partial charge is 0.493 e. The normalized spacial score (nSPS) is 15.7. The quantitative estimate of drug-likeness (QED) is 0.632. The van der Waals surface area contributed by atoms with Gasteiger partial charge in [0, 0.05) is 12.6 Å². The van der Waals surface area contributed by atoms with Gasteiger partial charge in [0.2, 0.25) is 11.7 Å². The number of nitrogens with zero attached hydrogens (tertiary/aromatic N) is 1. The molecule has 30 heavy (non-hydrogen) atoms. The van der Waals surface area contributed by atoms with Gasteiger partial charge in [0.15, 0.2) is 11.5 Å². The fourth-order valence-corrected chi connectivity index (χ4v) is 3.75. The second-order valence-electron chi connectivity index (χ2n) is 7.17. The van der Waals surface area contributed by atoms with Gasteiger partial charge >= 0.3 is 0 Å². The summed E-state index contributed by atoms with van der Waals surface area (Å²) >= 11 is 0. The summed E-state index contributed by atoms with van der Waals surface area (Å²) in [6.07, 6.45) is 8.51. The average molecular weight is 415 g/mol. The third-order valence-electron chi connectivity index (χ3n) is 5.29. The summed E-state index contributed by atoms with van der Waals surface area (Å²) in [7, 11) is 4.68. The molecule has 0 aliphatic carbocycles. The van der Waals surface area contributed by atoms with E-state index in [9.17, 15) is 4.79 Å². The van der Waals surface area contributed by atoms with E-state index in [1.807, 2.05) is 12.1 Å². The Hall–Kier alpha value is -2.93. The highest BCUT2D eigenvalue weighted by atomic mass is 16.5. The number of likely N-dealkylation sites (tertiary alicyclic amines) is 1. The van der Waals surface area contributed by atoms with Crippen molar-refractivity contribution < 1.29 is 23.4 Å². The predicted molar refractivity (Wildman–Crippen MR) is 115 cm³/mol. The minimum Gasteiger partial charge on any atom is -0.493 e. The molecular formula is C23H30N2O5. The molecule has 0 spiro atoms. The molecule has 7 nitrogen and oxygen atoms in total. The molecule has 3 rings (SSSR count). The van der Waals surface area contributed by atoms with E-state index in [1.165, 1.54) is 25.3 Å². The molecular weight excluding hydrogens is 384 g/mol. The van der Waals surface area contributed by atoms with Crippen molar-refractivity contribution in [1.29, 1.82) is 0 Å². The van der Waals surface area contributed by atoms with Crippen molar-refractivity contribution >= 4 is 12.0 Å². The van der Waals surface area contributed by atoms with Crippen molar-refractivity contribution in [2.24, 2.45) is 0 Å². The first kappa shape index (κ1) is 21.8.